The van der Waals surface area contributed by atoms with Crippen LogP contribution in [0.2, 0.25) is 0 Å². The summed E-state index contributed by atoms with van der Waals surface area (Å²) in [5.41, 5.74) is 3.01. The van der Waals surface area contributed by atoms with E-state index in [9.17, 15) is 9.90 Å². The topological polar surface area (TPSA) is 62.2 Å². The zero-order chi connectivity index (χ0) is 17.7. The Balaban J connectivity index is 1.96. The quantitative estimate of drug-likeness (QED) is 0.853. The van der Waals surface area contributed by atoms with E-state index in [1.54, 1.807) is 20.0 Å². The highest BCUT2D eigenvalue weighted by Crippen LogP contribution is 2.15. The molecule has 0 spiro atoms. The van der Waals surface area contributed by atoms with Crippen LogP contribution in [0.1, 0.15) is 60.4 Å². The summed E-state index contributed by atoms with van der Waals surface area (Å²) < 4.78 is 0. The maximum absolute atomic E-state index is 12.4. The number of nitrogens with zero attached hydrogens (tertiary/aromatic N) is 1. The highest BCUT2D eigenvalue weighted by atomic mass is 16.3. The lowest BCUT2D eigenvalue weighted by Gasteiger charge is -2.17. The number of nitrogens with one attached hydrogen (secondary N) is 1. The van der Waals surface area contributed by atoms with E-state index >= 15 is 0 Å². The Labute approximate surface area is 143 Å². The van der Waals surface area contributed by atoms with E-state index < -0.39 is 5.60 Å². The minimum atomic E-state index is -0.673. The van der Waals surface area contributed by atoms with E-state index in [-0.39, 0.29) is 11.9 Å². The Bertz CT molecular complexity index is 670. The van der Waals surface area contributed by atoms with Crippen LogP contribution in [0.4, 0.5) is 0 Å². The van der Waals surface area contributed by atoms with Gasteiger partial charge in [0.1, 0.15) is 0 Å². The third kappa shape index (κ3) is 5.46. The van der Waals surface area contributed by atoms with Crippen molar-refractivity contribution in [2.24, 2.45) is 0 Å². The lowest BCUT2D eigenvalue weighted by molar-refractivity contribution is 0.0713. The average Bonchev–Trinajstić information content (AvgIpc) is 2.53. The number of benzene rings is 1. The van der Waals surface area contributed by atoms with Crippen molar-refractivity contribution in [3.63, 3.8) is 0 Å². The van der Waals surface area contributed by atoms with Crippen molar-refractivity contribution in [2.45, 2.75) is 52.2 Å². The van der Waals surface area contributed by atoms with Crippen LogP contribution >= 0.6 is 0 Å². The van der Waals surface area contributed by atoms with Gasteiger partial charge in [-0.2, -0.15) is 0 Å². The first kappa shape index (κ1) is 18.1. The third-order valence-corrected chi connectivity index (χ3v) is 4.02. The van der Waals surface area contributed by atoms with E-state index in [1.165, 1.54) is 0 Å². The molecule has 0 saturated carbocycles. The summed E-state index contributed by atoms with van der Waals surface area (Å²) in [5.74, 6) is -0.0999. The molecule has 1 aromatic heterocycles. The number of amides is 1. The Kier molecular flexibility index (Phi) is 5.73. The minimum Gasteiger partial charge on any atom is -0.390 e. The second-order valence-corrected chi connectivity index (χ2v) is 6.94. The van der Waals surface area contributed by atoms with Gasteiger partial charge in [0.15, 0.2) is 0 Å². The maximum atomic E-state index is 12.4. The molecule has 0 aliphatic heterocycles. The molecule has 0 saturated heterocycles. The summed E-state index contributed by atoms with van der Waals surface area (Å²) in [5, 5.41) is 12.8. The van der Waals surface area contributed by atoms with Gasteiger partial charge in [-0.25, -0.2) is 0 Å². The number of hydrogen-bond donors (Lipinski definition) is 2. The summed E-state index contributed by atoms with van der Waals surface area (Å²) in [6.07, 6.45) is 3.27. The summed E-state index contributed by atoms with van der Waals surface area (Å²) >= 11 is 0. The van der Waals surface area contributed by atoms with Crippen molar-refractivity contribution in [1.29, 1.82) is 0 Å². The van der Waals surface area contributed by atoms with Crippen LogP contribution in [0, 0.1) is 6.92 Å². The molecule has 0 radical (unpaired) electrons. The molecule has 0 aliphatic carbocycles. The standard InChI is InChI=1S/C20H26N2O2/c1-14-5-8-18(13-21-14)15(2)22-19(23)17-9-6-16(7-10-17)11-12-20(3,4)24/h5-10,13,15,24H,11-12H2,1-4H3,(H,22,23)/t15-/m0/s1. The molecule has 24 heavy (non-hydrogen) atoms. The lowest BCUT2D eigenvalue weighted by Crippen LogP contribution is -2.26. The molecule has 0 unspecified atom stereocenters. The minimum absolute atomic E-state index is 0.0968. The number of carbonyl (C=O) groups is 1. The Morgan fingerprint density at radius 2 is 1.88 bits per heavy atom. The molecule has 2 aromatic rings. The van der Waals surface area contributed by atoms with Gasteiger partial charge in [-0.05, 0) is 69.9 Å². The number of aromatic nitrogens is 1. The lowest BCUT2D eigenvalue weighted by atomic mass is 9.98. The molecule has 0 fully saturated rings. The molecule has 4 heteroatoms. The van der Waals surface area contributed by atoms with Crippen LogP contribution in [0.5, 0.6) is 0 Å². The number of aliphatic hydroxyl groups is 1. The molecule has 4 nitrogen and oxygen atoms in total. The zero-order valence-electron chi connectivity index (χ0n) is 14.8. The summed E-state index contributed by atoms with van der Waals surface area (Å²) in [6.45, 7) is 7.49. The van der Waals surface area contributed by atoms with E-state index in [1.807, 2.05) is 50.2 Å². The van der Waals surface area contributed by atoms with Crippen molar-refractivity contribution < 1.29 is 9.90 Å². The monoisotopic (exact) mass is 326 g/mol. The van der Waals surface area contributed by atoms with Gasteiger partial charge in [0.05, 0.1) is 11.6 Å². The fourth-order valence-corrected chi connectivity index (χ4v) is 2.37. The van der Waals surface area contributed by atoms with E-state index in [0.717, 1.165) is 23.2 Å². The van der Waals surface area contributed by atoms with Crippen molar-refractivity contribution in [2.75, 3.05) is 0 Å². The van der Waals surface area contributed by atoms with Gasteiger partial charge in [-0.3, -0.25) is 9.78 Å². The Morgan fingerprint density at radius 1 is 1.21 bits per heavy atom. The van der Waals surface area contributed by atoms with Gasteiger partial charge in [-0.1, -0.05) is 18.2 Å². The Hall–Kier alpha value is -2.20. The van der Waals surface area contributed by atoms with Crippen LogP contribution < -0.4 is 5.32 Å². The largest absolute Gasteiger partial charge is 0.390 e. The van der Waals surface area contributed by atoms with Crippen LogP contribution in [-0.2, 0) is 6.42 Å². The molecule has 2 rings (SSSR count). The first-order chi connectivity index (χ1) is 11.2. The van der Waals surface area contributed by atoms with Crippen molar-refractivity contribution in [3.8, 4) is 0 Å². The molecule has 1 aromatic carbocycles. The van der Waals surface area contributed by atoms with Gasteiger partial charge in [0.2, 0.25) is 0 Å². The summed E-state index contributed by atoms with van der Waals surface area (Å²) in [6, 6.07) is 11.4. The average molecular weight is 326 g/mol. The predicted molar refractivity (Wildman–Crippen MR) is 95.9 cm³/mol. The van der Waals surface area contributed by atoms with Crippen LogP contribution in [0.3, 0.4) is 0 Å². The summed E-state index contributed by atoms with van der Waals surface area (Å²) in [4.78, 5) is 16.6. The first-order valence-electron chi connectivity index (χ1n) is 8.29. The molecule has 2 N–H and O–H groups in total. The summed E-state index contributed by atoms with van der Waals surface area (Å²) in [7, 11) is 0. The fraction of sp³-hybridized carbons (Fsp3) is 0.400. The number of pyridine rings is 1. The van der Waals surface area contributed by atoms with E-state index in [2.05, 4.69) is 10.3 Å². The van der Waals surface area contributed by atoms with Crippen molar-refractivity contribution >= 4 is 5.91 Å². The number of aryl methyl sites for hydroxylation is 2. The number of carbonyl (C=O) groups excluding carboxylic acids is 1. The maximum Gasteiger partial charge on any atom is 0.251 e. The SMILES string of the molecule is Cc1ccc([C@H](C)NC(=O)c2ccc(CCC(C)(C)O)cc2)cn1. The molecule has 1 atom stereocenters. The predicted octanol–water partition coefficient (Wildman–Crippen LogP) is 3.58. The zero-order valence-corrected chi connectivity index (χ0v) is 14.8. The van der Waals surface area contributed by atoms with E-state index in [0.29, 0.717) is 12.0 Å². The van der Waals surface area contributed by atoms with Crippen molar-refractivity contribution in [3.05, 3.63) is 65.0 Å². The van der Waals surface area contributed by atoms with E-state index in [4.69, 9.17) is 0 Å². The van der Waals surface area contributed by atoms with Gasteiger partial charge < -0.3 is 10.4 Å². The smallest absolute Gasteiger partial charge is 0.251 e. The van der Waals surface area contributed by atoms with Crippen LogP contribution in [-0.4, -0.2) is 21.6 Å². The Morgan fingerprint density at radius 3 is 2.42 bits per heavy atom. The second kappa shape index (κ2) is 7.58. The van der Waals surface area contributed by atoms with Gasteiger partial charge in [-0.15, -0.1) is 0 Å². The molecule has 0 bridgehead atoms. The fourth-order valence-electron chi connectivity index (χ4n) is 2.37. The van der Waals surface area contributed by atoms with Crippen LogP contribution in [0.25, 0.3) is 0 Å². The molecule has 1 amide bonds. The first-order valence-corrected chi connectivity index (χ1v) is 8.29. The molecule has 0 aliphatic rings. The number of rotatable bonds is 6. The number of hydrogen-bond acceptors (Lipinski definition) is 3. The third-order valence-electron chi connectivity index (χ3n) is 4.02. The van der Waals surface area contributed by atoms with Gasteiger partial charge >= 0.3 is 0 Å². The van der Waals surface area contributed by atoms with Gasteiger partial charge in [0, 0.05) is 17.5 Å². The van der Waals surface area contributed by atoms with Crippen LogP contribution in [0.15, 0.2) is 42.6 Å². The highest BCUT2D eigenvalue weighted by molar-refractivity contribution is 5.94. The van der Waals surface area contributed by atoms with Gasteiger partial charge in [0.25, 0.3) is 5.91 Å². The van der Waals surface area contributed by atoms with Crippen molar-refractivity contribution in [1.82, 2.24) is 10.3 Å². The molecular weight excluding hydrogens is 300 g/mol. The molecule has 1 heterocycles. The normalized spacial score (nSPS) is 12.7. The molecular formula is C20H26N2O2. The second-order valence-electron chi connectivity index (χ2n) is 6.94. The molecule has 128 valence electrons. The highest BCUT2D eigenvalue weighted by Gasteiger charge is 2.14.